The highest BCUT2D eigenvalue weighted by molar-refractivity contribution is 6.08. The normalized spacial score (nSPS) is 24.0. The van der Waals surface area contributed by atoms with Crippen molar-refractivity contribution in [1.82, 2.24) is 10.3 Å². The Labute approximate surface area is 144 Å². The van der Waals surface area contributed by atoms with Gasteiger partial charge in [-0.3, -0.25) is 14.6 Å². The number of para-hydroxylation sites is 1. The zero-order valence-corrected chi connectivity index (χ0v) is 13.7. The maximum Gasteiger partial charge on any atom is 0.241 e. The maximum atomic E-state index is 12.7. The van der Waals surface area contributed by atoms with Gasteiger partial charge in [0.05, 0.1) is 30.5 Å². The molecular weight excluding hydrogens is 320 g/mol. The van der Waals surface area contributed by atoms with Crippen molar-refractivity contribution in [3.05, 3.63) is 48.3 Å². The summed E-state index contributed by atoms with van der Waals surface area (Å²) >= 11 is 0. The summed E-state index contributed by atoms with van der Waals surface area (Å²) in [5.41, 5.74) is 1.64. The summed E-state index contributed by atoms with van der Waals surface area (Å²) < 4.78 is 5.20. The Morgan fingerprint density at radius 2 is 2.20 bits per heavy atom. The van der Waals surface area contributed by atoms with Gasteiger partial charge in [-0.1, -0.05) is 18.2 Å². The van der Waals surface area contributed by atoms with Crippen LogP contribution in [-0.2, 0) is 15.0 Å². The molecule has 1 saturated heterocycles. The van der Waals surface area contributed by atoms with Crippen LogP contribution in [0.5, 0.6) is 5.75 Å². The molecule has 2 amide bonds. The molecule has 1 aromatic carbocycles. The van der Waals surface area contributed by atoms with Gasteiger partial charge in [0, 0.05) is 18.4 Å². The van der Waals surface area contributed by atoms with E-state index in [4.69, 9.17) is 4.74 Å². The molecule has 0 bridgehead atoms. The quantitative estimate of drug-likeness (QED) is 0.784. The van der Waals surface area contributed by atoms with E-state index in [0.29, 0.717) is 24.4 Å². The number of ether oxygens (including phenoxy) is 1. The molecule has 2 aliphatic rings. The Morgan fingerprint density at radius 1 is 1.36 bits per heavy atom. The average molecular weight is 338 g/mol. The lowest BCUT2D eigenvalue weighted by atomic mass is 9.79. The summed E-state index contributed by atoms with van der Waals surface area (Å²) in [6.07, 6.45) is 3.54. The van der Waals surface area contributed by atoms with Gasteiger partial charge in [-0.25, -0.2) is 0 Å². The molecule has 3 heterocycles. The first kappa shape index (κ1) is 15.6. The smallest absolute Gasteiger partial charge is 0.241 e. The fraction of sp³-hybridized carbons (Fsp3) is 0.278. The number of hydrogen-bond acceptors (Lipinski definition) is 5. The predicted molar refractivity (Wildman–Crippen MR) is 92.6 cm³/mol. The van der Waals surface area contributed by atoms with Crippen LogP contribution in [0, 0.1) is 0 Å². The maximum absolute atomic E-state index is 12.7. The molecule has 2 aliphatic heterocycles. The number of carbonyl (C=O) groups excluding carboxylic acids is 2. The predicted octanol–water partition coefficient (Wildman–Crippen LogP) is 1.28. The number of benzene rings is 1. The highest BCUT2D eigenvalue weighted by atomic mass is 16.5. The lowest BCUT2D eigenvalue weighted by Gasteiger charge is -2.20. The van der Waals surface area contributed by atoms with Crippen molar-refractivity contribution in [2.45, 2.75) is 17.9 Å². The molecule has 7 nitrogen and oxygen atoms in total. The molecule has 1 spiro atoms. The summed E-state index contributed by atoms with van der Waals surface area (Å²) in [4.78, 5) is 29.2. The third-order valence-electron chi connectivity index (χ3n) is 4.91. The van der Waals surface area contributed by atoms with Crippen LogP contribution in [0.2, 0.25) is 0 Å². The van der Waals surface area contributed by atoms with Crippen molar-refractivity contribution in [2.24, 2.45) is 0 Å². The van der Waals surface area contributed by atoms with Crippen molar-refractivity contribution in [2.75, 3.05) is 24.3 Å². The molecule has 0 radical (unpaired) electrons. The van der Waals surface area contributed by atoms with E-state index in [9.17, 15) is 9.59 Å². The van der Waals surface area contributed by atoms with Crippen LogP contribution in [0.25, 0.3) is 0 Å². The second kappa shape index (κ2) is 5.86. The number of nitrogens with one attached hydrogen (secondary N) is 3. The van der Waals surface area contributed by atoms with Gasteiger partial charge in [0.1, 0.15) is 0 Å². The van der Waals surface area contributed by atoms with Crippen LogP contribution in [0.1, 0.15) is 12.0 Å². The standard InChI is InChI=1S/C18H18N4O3/c1-25-15-9-19-7-6-13(15)21-16(23)14-8-18(10-20-14)11-4-2-3-5-12(11)22-17(18)24/h2-7,9,14,20H,8,10H2,1H3,(H,22,24)(H,19,21,23). The Bertz CT molecular complexity index is 854. The van der Waals surface area contributed by atoms with Crippen molar-refractivity contribution < 1.29 is 14.3 Å². The molecule has 3 N–H and O–H groups in total. The zero-order valence-electron chi connectivity index (χ0n) is 13.7. The van der Waals surface area contributed by atoms with E-state index in [1.54, 1.807) is 18.5 Å². The topological polar surface area (TPSA) is 92.3 Å². The van der Waals surface area contributed by atoms with Crippen molar-refractivity contribution in [3.63, 3.8) is 0 Å². The molecular formula is C18H18N4O3. The lowest BCUT2D eigenvalue weighted by Crippen LogP contribution is -2.36. The average Bonchev–Trinajstić information content (AvgIpc) is 3.19. The molecule has 1 aromatic heterocycles. The number of hydrogen-bond donors (Lipinski definition) is 3. The van der Waals surface area contributed by atoms with Gasteiger partial charge < -0.3 is 20.7 Å². The molecule has 2 aromatic rings. The minimum atomic E-state index is -0.694. The second-order valence-electron chi connectivity index (χ2n) is 6.28. The number of amides is 2. The molecule has 7 heteroatoms. The Morgan fingerprint density at radius 3 is 3.04 bits per heavy atom. The molecule has 25 heavy (non-hydrogen) atoms. The largest absolute Gasteiger partial charge is 0.493 e. The highest BCUT2D eigenvalue weighted by Gasteiger charge is 2.52. The van der Waals surface area contributed by atoms with Crippen LogP contribution in [0.3, 0.4) is 0 Å². The van der Waals surface area contributed by atoms with E-state index in [-0.39, 0.29) is 11.8 Å². The summed E-state index contributed by atoms with van der Waals surface area (Å²) in [5.74, 6) is 0.240. The van der Waals surface area contributed by atoms with Crippen LogP contribution in [0.15, 0.2) is 42.7 Å². The number of anilines is 2. The summed E-state index contributed by atoms with van der Waals surface area (Å²) in [6.45, 7) is 0.432. The SMILES string of the molecule is COc1cnccc1NC(=O)C1CC2(CN1)C(=O)Nc1ccccc12. The third kappa shape index (κ3) is 2.44. The number of carbonyl (C=O) groups is 2. The molecule has 128 valence electrons. The summed E-state index contributed by atoms with van der Waals surface area (Å²) in [5, 5.41) is 8.96. The number of rotatable bonds is 3. The molecule has 2 atom stereocenters. The van der Waals surface area contributed by atoms with Gasteiger partial charge in [-0.15, -0.1) is 0 Å². The first-order chi connectivity index (χ1) is 12.1. The number of fused-ring (bicyclic) bond motifs is 2. The Hall–Kier alpha value is -2.93. The highest BCUT2D eigenvalue weighted by Crippen LogP contribution is 2.43. The second-order valence-corrected chi connectivity index (χ2v) is 6.28. The van der Waals surface area contributed by atoms with Gasteiger partial charge in [0.2, 0.25) is 11.8 Å². The molecule has 0 saturated carbocycles. The van der Waals surface area contributed by atoms with Crippen molar-refractivity contribution in [3.8, 4) is 5.75 Å². The Kier molecular flexibility index (Phi) is 3.65. The molecule has 0 aliphatic carbocycles. The van der Waals surface area contributed by atoms with Crippen LogP contribution >= 0.6 is 0 Å². The first-order valence-electron chi connectivity index (χ1n) is 8.07. The third-order valence-corrected chi connectivity index (χ3v) is 4.91. The minimum Gasteiger partial charge on any atom is -0.493 e. The number of methoxy groups -OCH3 is 1. The molecule has 1 fully saturated rings. The molecule has 2 unspecified atom stereocenters. The number of pyridine rings is 1. The summed E-state index contributed by atoms with van der Waals surface area (Å²) in [6, 6.07) is 8.85. The fourth-order valence-corrected chi connectivity index (χ4v) is 3.59. The number of aromatic nitrogens is 1. The molecule has 4 rings (SSSR count). The van der Waals surface area contributed by atoms with Crippen molar-refractivity contribution >= 4 is 23.2 Å². The van der Waals surface area contributed by atoms with Crippen LogP contribution < -0.4 is 20.7 Å². The van der Waals surface area contributed by atoms with Gasteiger partial charge in [0.25, 0.3) is 0 Å². The lowest BCUT2D eigenvalue weighted by molar-refractivity contribution is -0.120. The van der Waals surface area contributed by atoms with E-state index in [1.165, 1.54) is 7.11 Å². The minimum absolute atomic E-state index is 0.0574. The Balaban J connectivity index is 1.55. The van der Waals surface area contributed by atoms with Gasteiger partial charge in [-0.2, -0.15) is 0 Å². The summed E-state index contributed by atoms with van der Waals surface area (Å²) in [7, 11) is 1.52. The number of nitrogens with zero attached hydrogens (tertiary/aromatic N) is 1. The fourth-order valence-electron chi connectivity index (χ4n) is 3.59. The van der Waals surface area contributed by atoms with E-state index in [0.717, 1.165) is 11.3 Å². The van der Waals surface area contributed by atoms with E-state index < -0.39 is 11.5 Å². The van der Waals surface area contributed by atoms with Crippen LogP contribution in [0.4, 0.5) is 11.4 Å². The monoisotopic (exact) mass is 338 g/mol. The first-order valence-corrected chi connectivity index (χ1v) is 8.07. The van der Waals surface area contributed by atoms with Gasteiger partial charge >= 0.3 is 0 Å². The van der Waals surface area contributed by atoms with Crippen LogP contribution in [-0.4, -0.2) is 36.5 Å². The van der Waals surface area contributed by atoms with Gasteiger partial charge in [-0.05, 0) is 24.1 Å². The van der Waals surface area contributed by atoms with Crippen molar-refractivity contribution in [1.29, 1.82) is 0 Å². The van der Waals surface area contributed by atoms with E-state index in [1.807, 2.05) is 24.3 Å². The zero-order chi connectivity index (χ0) is 17.4. The van der Waals surface area contributed by atoms with E-state index >= 15 is 0 Å². The van der Waals surface area contributed by atoms with Gasteiger partial charge in [0.15, 0.2) is 5.75 Å². The van der Waals surface area contributed by atoms with E-state index in [2.05, 4.69) is 20.9 Å².